The van der Waals surface area contributed by atoms with Gasteiger partial charge >= 0.3 is 5.97 Å². The Morgan fingerprint density at radius 2 is 1.90 bits per heavy atom. The Hall–Kier alpha value is -4.14. The molecule has 1 aromatic carbocycles. The number of benzene rings is 1. The van der Waals surface area contributed by atoms with Crippen molar-refractivity contribution in [3.8, 4) is 11.5 Å². The molecular weight excluding hydrogens is 390 g/mol. The van der Waals surface area contributed by atoms with E-state index in [9.17, 15) is 9.59 Å². The Kier molecular flexibility index (Phi) is 6.78. The Balaban J connectivity index is 1.61. The molecule has 0 atom stereocenters. The molecule has 0 unspecified atom stereocenters. The lowest BCUT2D eigenvalue weighted by Crippen LogP contribution is -2.17. The third kappa shape index (κ3) is 5.22. The van der Waals surface area contributed by atoms with Crippen LogP contribution in [0.2, 0.25) is 0 Å². The number of ether oxygens (including phenoxy) is 3. The first-order valence-corrected chi connectivity index (χ1v) is 8.82. The minimum atomic E-state index is -0.557. The van der Waals surface area contributed by atoms with E-state index in [2.05, 4.69) is 20.2 Å². The quantitative estimate of drug-likeness (QED) is 0.346. The maximum atomic E-state index is 12.0. The number of hydrogen-bond acceptors (Lipinski definition) is 8. The number of hydrogen-bond donors (Lipinski definition) is 1. The number of rotatable bonds is 8. The second kappa shape index (κ2) is 9.87. The summed E-state index contributed by atoms with van der Waals surface area (Å²) in [6.45, 7) is 0.1000. The molecule has 0 saturated carbocycles. The second-order valence-corrected chi connectivity index (χ2v) is 5.89. The molecule has 1 amide bonds. The number of furan rings is 1. The van der Waals surface area contributed by atoms with E-state index in [1.165, 1.54) is 38.9 Å². The van der Waals surface area contributed by atoms with E-state index >= 15 is 0 Å². The van der Waals surface area contributed by atoms with Gasteiger partial charge in [-0.2, -0.15) is 5.10 Å². The Bertz CT molecular complexity index is 1050. The van der Waals surface area contributed by atoms with Crippen LogP contribution in [0.3, 0.4) is 0 Å². The maximum Gasteiger partial charge on any atom is 0.373 e. The van der Waals surface area contributed by atoms with E-state index < -0.39 is 5.97 Å². The van der Waals surface area contributed by atoms with Crippen molar-refractivity contribution >= 4 is 18.1 Å². The second-order valence-electron chi connectivity index (χ2n) is 5.89. The summed E-state index contributed by atoms with van der Waals surface area (Å²) in [6, 6.07) is 11.5. The van der Waals surface area contributed by atoms with Crippen LogP contribution in [0.5, 0.6) is 11.5 Å². The van der Waals surface area contributed by atoms with E-state index in [-0.39, 0.29) is 18.3 Å². The number of nitrogens with zero attached hydrogens (tertiary/aromatic N) is 2. The fourth-order valence-electron chi connectivity index (χ4n) is 2.43. The predicted octanol–water partition coefficient (Wildman–Crippen LogP) is 2.81. The molecule has 3 rings (SSSR count). The van der Waals surface area contributed by atoms with Gasteiger partial charge in [0.05, 0.1) is 20.4 Å². The van der Waals surface area contributed by atoms with Gasteiger partial charge in [-0.05, 0) is 48.0 Å². The smallest absolute Gasteiger partial charge is 0.373 e. The van der Waals surface area contributed by atoms with Gasteiger partial charge in [-0.15, -0.1) is 0 Å². The van der Waals surface area contributed by atoms with Gasteiger partial charge in [0, 0.05) is 18.0 Å². The number of pyridine rings is 1. The molecule has 0 aliphatic heterocycles. The number of carbonyl (C=O) groups is 2. The van der Waals surface area contributed by atoms with Gasteiger partial charge in [-0.25, -0.2) is 10.2 Å². The fourth-order valence-corrected chi connectivity index (χ4v) is 2.43. The van der Waals surface area contributed by atoms with Crippen LogP contribution in [0.1, 0.15) is 32.2 Å². The zero-order chi connectivity index (χ0) is 21.3. The van der Waals surface area contributed by atoms with Gasteiger partial charge in [-0.3, -0.25) is 9.78 Å². The van der Waals surface area contributed by atoms with Gasteiger partial charge in [0.15, 0.2) is 11.5 Å². The van der Waals surface area contributed by atoms with Crippen molar-refractivity contribution in [1.29, 1.82) is 0 Å². The first-order chi connectivity index (χ1) is 14.6. The summed E-state index contributed by atoms with van der Waals surface area (Å²) < 4.78 is 21.0. The molecule has 2 heterocycles. The lowest BCUT2D eigenvalue weighted by molar-refractivity contribution is 0.0560. The third-order valence-corrected chi connectivity index (χ3v) is 3.93. The van der Waals surface area contributed by atoms with Crippen LogP contribution >= 0.6 is 0 Å². The number of esters is 1. The van der Waals surface area contributed by atoms with Crippen molar-refractivity contribution in [3.63, 3.8) is 0 Å². The monoisotopic (exact) mass is 409 g/mol. The summed E-state index contributed by atoms with van der Waals surface area (Å²) in [6.07, 6.45) is 4.54. The molecular formula is C21H19N3O6. The molecule has 30 heavy (non-hydrogen) atoms. The third-order valence-electron chi connectivity index (χ3n) is 3.93. The molecule has 0 saturated heterocycles. The van der Waals surface area contributed by atoms with Gasteiger partial charge in [0.2, 0.25) is 5.76 Å². The van der Waals surface area contributed by atoms with Crippen molar-refractivity contribution in [2.24, 2.45) is 5.10 Å². The largest absolute Gasteiger partial charge is 0.493 e. The van der Waals surface area contributed by atoms with Crippen molar-refractivity contribution in [3.05, 3.63) is 77.5 Å². The summed E-state index contributed by atoms with van der Waals surface area (Å²) in [5.41, 5.74) is 3.59. The molecule has 2 aromatic heterocycles. The van der Waals surface area contributed by atoms with Crippen LogP contribution < -0.4 is 14.9 Å². The highest BCUT2D eigenvalue weighted by molar-refractivity contribution is 5.94. The molecule has 0 fully saturated rings. The Morgan fingerprint density at radius 1 is 1.10 bits per heavy atom. The summed E-state index contributed by atoms with van der Waals surface area (Å²) in [7, 11) is 2.79. The van der Waals surface area contributed by atoms with E-state index in [0.717, 1.165) is 0 Å². The molecule has 0 aliphatic rings. The van der Waals surface area contributed by atoms with Crippen LogP contribution in [-0.2, 0) is 11.3 Å². The standard InChI is InChI=1S/C21H19N3O6/c1-27-19-11-14(12-23-24-20(25)15-7-9-22-10-8-15)3-5-17(19)29-13-16-4-6-18(30-16)21(26)28-2/h3-12H,13H2,1-2H3,(H,24,25)/b23-12+. The molecule has 1 N–H and O–H groups in total. The van der Waals surface area contributed by atoms with Crippen molar-refractivity contribution in [1.82, 2.24) is 10.4 Å². The lowest BCUT2D eigenvalue weighted by Gasteiger charge is -2.10. The van der Waals surface area contributed by atoms with Gasteiger partial charge in [0.1, 0.15) is 12.4 Å². The average molecular weight is 409 g/mol. The molecule has 3 aromatic rings. The molecule has 0 spiro atoms. The van der Waals surface area contributed by atoms with E-state index in [1.807, 2.05) is 0 Å². The van der Waals surface area contributed by atoms with E-state index in [0.29, 0.717) is 28.4 Å². The normalized spacial score (nSPS) is 10.6. The Labute approximate surface area is 172 Å². The van der Waals surface area contributed by atoms with Crippen LogP contribution in [0.25, 0.3) is 0 Å². The first kappa shape index (κ1) is 20.6. The maximum absolute atomic E-state index is 12.0. The number of carbonyl (C=O) groups excluding carboxylic acids is 2. The molecule has 0 radical (unpaired) electrons. The van der Waals surface area contributed by atoms with E-state index in [4.69, 9.17) is 13.9 Å². The minimum absolute atomic E-state index is 0.1000. The zero-order valence-corrected chi connectivity index (χ0v) is 16.3. The number of methoxy groups -OCH3 is 2. The summed E-state index contributed by atoms with van der Waals surface area (Å²) in [5.74, 6) is 0.611. The highest BCUT2D eigenvalue weighted by Crippen LogP contribution is 2.28. The zero-order valence-electron chi connectivity index (χ0n) is 16.3. The van der Waals surface area contributed by atoms with Crippen LogP contribution in [0, 0.1) is 0 Å². The van der Waals surface area contributed by atoms with Gasteiger partial charge < -0.3 is 18.6 Å². The van der Waals surface area contributed by atoms with E-state index in [1.54, 1.807) is 36.4 Å². The van der Waals surface area contributed by atoms with Crippen molar-refractivity contribution in [2.45, 2.75) is 6.61 Å². The minimum Gasteiger partial charge on any atom is -0.493 e. The van der Waals surface area contributed by atoms with Crippen LogP contribution in [0.15, 0.2) is 64.4 Å². The first-order valence-electron chi connectivity index (χ1n) is 8.82. The molecule has 154 valence electrons. The van der Waals surface area contributed by atoms with Crippen molar-refractivity contribution in [2.75, 3.05) is 14.2 Å². The SMILES string of the molecule is COC(=O)c1ccc(COc2ccc(/C=N/NC(=O)c3ccncc3)cc2OC)o1. The lowest BCUT2D eigenvalue weighted by atomic mass is 10.2. The fraction of sp³-hybridized carbons (Fsp3) is 0.143. The summed E-state index contributed by atoms with van der Waals surface area (Å²) >= 11 is 0. The molecule has 9 heteroatoms. The number of amides is 1. The molecule has 9 nitrogen and oxygen atoms in total. The Morgan fingerprint density at radius 3 is 2.63 bits per heavy atom. The number of aromatic nitrogens is 1. The highest BCUT2D eigenvalue weighted by Gasteiger charge is 2.12. The van der Waals surface area contributed by atoms with Crippen LogP contribution in [0.4, 0.5) is 0 Å². The summed E-state index contributed by atoms with van der Waals surface area (Å²) in [5, 5.41) is 3.94. The topological polar surface area (TPSA) is 112 Å². The molecule has 0 aliphatic carbocycles. The van der Waals surface area contributed by atoms with Gasteiger partial charge in [0.25, 0.3) is 5.91 Å². The van der Waals surface area contributed by atoms with Crippen LogP contribution in [-0.4, -0.2) is 37.3 Å². The van der Waals surface area contributed by atoms with Gasteiger partial charge in [-0.1, -0.05) is 0 Å². The number of hydrazone groups is 1. The average Bonchev–Trinajstić information content (AvgIpc) is 3.27. The summed E-state index contributed by atoms with van der Waals surface area (Å²) in [4.78, 5) is 27.2. The highest BCUT2D eigenvalue weighted by atomic mass is 16.5. The number of nitrogens with one attached hydrogen (secondary N) is 1. The predicted molar refractivity (Wildman–Crippen MR) is 107 cm³/mol. The van der Waals surface area contributed by atoms with Crippen molar-refractivity contribution < 1.29 is 28.2 Å². The molecule has 0 bridgehead atoms.